The molecule has 4 nitrogen and oxygen atoms in total. The lowest BCUT2D eigenvalue weighted by Crippen LogP contribution is -2.43. The summed E-state index contributed by atoms with van der Waals surface area (Å²) >= 11 is 0. The summed E-state index contributed by atoms with van der Waals surface area (Å²) in [4.78, 5) is 16.5. The van der Waals surface area contributed by atoms with Crippen LogP contribution in [0.2, 0.25) is 0 Å². The van der Waals surface area contributed by atoms with E-state index < -0.39 is 0 Å². The molecule has 1 rings (SSSR count). The third-order valence-corrected chi connectivity index (χ3v) is 4.36. The number of nitrogens with one attached hydrogen (secondary N) is 1. The maximum absolute atomic E-state index is 11.8. The molecule has 118 valence electrons. The molecule has 1 heterocycles. The van der Waals surface area contributed by atoms with Crippen molar-refractivity contribution in [3.8, 4) is 0 Å². The van der Waals surface area contributed by atoms with E-state index in [1.807, 2.05) is 0 Å². The van der Waals surface area contributed by atoms with Crippen molar-refractivity contribution < 1.29 is 4.79 Å². The van der Waals surface area contributed by atoms with Crippen LogP contribution in [-0.2, 0) is 4.79 Å². The number of nitrogens with zero attached hydrogens (tertiary/aromatic N) is 2. The topological polar surface area (TPSA) is 35.6 Å². The van der Waals surface area contributed by atoms with Crippen molar-refractivity contribution >= 4 is 5.91 Å². The first-order valence-electron chi connectivity index (χ1n) is 8.29. The second-order valence-corrected chi connectivity index (χ2v) is 6.18. The van der Waals surface area contributed by atoms with Crippen molar-refractivity contribution in [3.63, 3.8) is 0 Å². The van der Waals surface area contributed by atoms with Crippen LogP contribution in [0.15, 0.2) is 0 Å². The van der Waals surface area contributed by atoms with Crippen LogP contribution in [0.1, 0.15) is 51.9 Å². The number of piperidine rings is 1. The third-order valence-electron chi connectivity index (χ3n) is 4.36. The Hall–Kier alpha value is -0.610. The smallest absolute Gasteiger partial charge is 0.221 e. The SMILES string of the molecule is CCCCCCNC(=O)CCN(C)C1CCN(C)CC1. The number of unbranched alkanes of at least 4 members (excludes halogenated alkanes) is 3. The van der Waals surface area contributed by atoms with E-state index in [0.29, 0.717) is 12.5 Å². The van der Waals surface area contributed by atoms with Gasteiger partial charge in [0.1, 0.15) is 0 Å². The lowest BCUT2D eigenvalue weighted by molar-refractivity contribution is -0.121. The fraction of sp³-hybridized carbons (Fsp3) is 0.938. The number of hydrogen-bond acceptors (Lipinski definition) is 3. The van der Waals surface area contributed by atoms with E-state index in [4.69, 9.17) is 0 Å². The van der Waals surface area contributed by atoms with Gasteiger partial charge >= 0.3 is 0 Å². The van der Waals surface area contributed by atoms with Crippen LogP contribution in [0.5, 0.6) is 0 Å². The highest BCUT2D eigenvalue weighted by Crippen LogP contribution is 2.14. The lowest BCUT2D eigenvalue weighted by Gasteiger charge is -2.35. The van der Waals surface area contributed by atoms with E-state index in [-0.39, 0.29) is 5.91 Å². The molecule has 1 amide bonds. The molecule has 0 spiro atoms. The Morgan fingerprint density at radius 1 is 1.25 bits per heavy atom. The Kier molecular flexibility index (Phi) is 8.86. The molecule has 0 atom stereocenters. The molecule has 1 N–H and O–H groups in total. The van der Waals surface area contributed by atoms with Gasteiger partial charge in [-0.15, -0.1) is 0 Å². The first-order chi connectivity index (χ1) is 9.63. The Labute approximate surface area is 124 Å². The molecule has 0 radical (unpaired) electrons. The summed E-state index contributed by atoms with van der Waals surface area (Å²) in [6.45, 7) is 6.29. The predicted octanol–water partition coefficient (Wildman–Crippen LogP) is 2.10. The molecule has 0 aromatic heterocycles. The van der Waals surface area contributed by atoms with Crippen molar-refractivity contribution in [2.24, 2.45) is 0 Å². The predicted molar refractivity (Wildman–Crippen MR) is 84.9 cm³/mol. The van der Waals surface area contributed by atoms with Crippen molar-refractivity contribution in [2.45, 2.75) is 57.9 Å². The number of carbonyl (C=O) groups excluding carboxylic acids is 1. The fourth-order valence-electron chi connectivity index (χ4n) is 2.76. The van der Waals surface area contributed by atoms with Crippen molar-refractivity contribution in [1.29, 1.82) is 0 Å². The van der Waals surface area contributed by atoms with Crippen LogP contribution >= 0.6 is 0 Å². The summed E-state index contributed by atoms with van der Waals surface area (Å²) in [5, 5.41) is 3.03. The van der Waals surface area contributed by atoms with Gasteiger partial charge in [0.25, 0.3) is 0 Å². The van der Waals surface area contributed by atoms with E-state index in [2.05, 4.69) is 36.1 Å². The van der Waals surface area contributed by atoms with Crippen molar-refractivity contribution in [3.05, 3.63) is 0 Å². The molecule has 20 heavy (non-hydrogen) atoms. The zero-order chi connectivity index (χ0) is 14.8. The van der Waals surface area contributed by atoms with Crippen molar-refractivity contribution in [1.82, 2.24) is 15.1 Å². The quantitative estimate of drug-likeness (QED) is 0.658. The van der Waals surface area contributed by atoms with Gasteiger partial charge in [-0.25, -0.2) is 0 Å². The number of likely N-dealkylation sites (tertiary alicyclic amines) is 1. The molecule has 1 aliphatic heterocycles. The maximum atomic E-state index is 11.8. The van der Waals surface area contributed by atoms with Crippen LogP contribution in [0.4, 0.5) is 0 Å². The average molecular weight is 283 g/mol. The molecule has 4 heteroatoms. The van der Waals surface area contributed by atoms with Gasteiger partial charge in [0, 0.05) is 25.6 Å². The minimum absolute atomic E-state index is 0.210. The van der Waals surface area contributed by atoms with Crippen LogP contribution in [0.25, 0.3) is 0 Å². The van der Waals surface area contributed by atoms with Crippen LogP contribution < -0.4 is 5.32 Å². The zero-order valence-corrected chi connectivity index (χ0v) is 13.7. The highest BCUT2D eigenvalue weighted by atomic mass is 16.1. The second kappa shape index (κ2) is 10.2. The first kappa shape index (κ1) is 17.4. The van der Waals surface area contributed by atoms with Crippen LogP contribution in [0, 0.1) is 0 Å². The van der Waals surface area contributed by atoms with E-state index in [9.17, 15) is 4.79 Å². The van der Waals surface area contributed by atoms with Crippen molar-refractivity contribution in [2.75, 3.05) is 40.3 Å². The summed E-state index contributed by atoms with van der Waals surface area (Å²) < 4.78 is 0. The van der Waals surface area contributed by atoms with Gasteiger partial charge in [-0.2, -0.15) is 0 Å². The summed E-state index contributed by atoms with van der Waals surface area (Å²) in [6, 6.07) is 0.656. The molecular weight excluding hydrogens is 250 g/mol. The number of carbonyl (C=O) groups is 1. The van der Waals surface area contributed by atoms with E-state index in [1.54, 1.807) is 0 Å². The van der Waals surface area contributed by atoms with Crippen LogP contribution in [0.3, 0.4) is 0 Å². The van der Waals surface area contributed by atoms with Gasteiger partial charge in [0.05, 0.1) is 0 Å². The Balaban J connectivity index is 2.05. The first-order valence-corrected chi connectivity index (χ1v) is 8.29. The largest absolute Gasteiger partial charge is 0.356 e. The zero-order valence-electron chi connectivity index (χ0n) is 13.7. The Morgan fingerprint density at radius 3 is 2.60 bits per heavy atom. The van der Waals surface area contributed by atoms with Gasteiger partial charge in [-0.05, 0) is 46.4 Å². The lowest BCUT2D eigenvalue weighted by atomic mass is 10.0. The number of amides is 1. The molecular formula is C16H33N3O. The molecule has 1 aliphatic rings. The molecule has 0 bridgehead atoms. The highest BCUT2D eigenvalue weighted by Gasteiger charge is 2.20. The Morgan fingerprint density at radius 2 is 1.95 bits per heavy atom. The maximum Gasteiger partial charge on any atom is 0.221 e. The molecule has 0 aliphatic carbocycles. The Bertz CT molecular complexity index is 262. The summed E-state index contributed by atoms with van der Waals surface area (Å²) in [6.07, 6.45) is 7.95. The van der Waals surface area contributed by atoms with Gasteiger partial charge in [0.15, 0.2) is 0 Å². The average Bonchev–Trinajstić information content (AvgIpc) is 2.45. The van der Waals surface area contributed by atoms with Gasteiger partial charge in [-0.3, -0.25) is 4.79 Å². The number of rotatable bonds is 9. The minimum atomic E-state index is 0.210. The molecule has 0 unspecified atom stereocenters. The monoisotopic (exact) mass is 283 g/mol. The van der Waals surface area contributed by atoms with E-state index >= 15 is 0 Å². The molecule has 1 fully saturated rings. The van der Waals surface area contributed by atoms with Crippen LogP contribution in [-0.4, -0.2) is 62.0 Å². The summed E-state index contributed by atoms with van der Waals surface area (Å²) in [5.41, 5.74) is 0. The minimum Gasteiger partial charge on any atom is -0.356 e. The molecule has 0 aromatic rings. The van der Waals surface area contributed by atoms with E-state index in [0.717, 1.165) is 19.5 Å². The highest BCUT2D eigenvalue weighted by molar-refractivity contribution is 5.75. The van der Waals surface area contributed by atoms with E-state index in [1.165, 1.54) is 45.2 Å². The molecule has 1 saturated heterocycles. The second-order valence-electron chi connectivity index (χ2n) is 6.18. The normalized spacial score (nSPS) is 17.6. The standard InChI is InChI=1S/C16H33N3O/c1-4-5-6-7-11-17-16(20)10-14-19(3)15-8-12-18(2)13-9-15/h15H,4-14H2,1-3H3,(H,17,20). The third kappa shape index (κ3) is 7.25. The van der Waals surface area contributed by atoms with Gasteiger partial charge in [-0.1, -0.05) is 26.2 Å². The number of hydrogen-bond donors (Lipinski definition) is 1. The molecule has 0 aromatic carbocycles. The fourth-order valence-corrected chi connectivity index (χ4v) is 2.76. The van der Waals surface area contributed by atoms with Gasteiger partial charge in [0.2, 0.25) is 5.91 Å². The summed E-state index contributed by atoms with van der Waals surface area (Å²) in [7, 11) is 4.34. The molecule has 0 saturated carbocycles. The van der Waals surface area contributed by atoms with Gasteiger partial charge < -0.3 is 15.1 Å². The summed E-state index contributed by atoms with van der Waals surface area (Å²) in [5.74, 6) is 0.210.